The third-order valence-corrected chi connectivity index (χ3v) is 4.87. The molecule has 2 atom stereocenters. The predicted molar refractivity (Wildman–Crippen MR) is 60.0 cm³/mol. The van der Waals surface area contributed by atoms with E-state index in [-0.39, 0.29) is 17.8 Å². The molecule has 0 radical (unpaired) electrons. The molecule has 0 aromatic heterocycles. The van der Waals surface area contributed by atoms with Crippen LogP contribution in [0.25, 0.3) is 0 Å². The van der Waals surface area contributed by atoms with E-state index in [9.17, 15) is 13.8 Å². The molecule has 0 aromatic rings. The van der Waals surface area contributed by atoms with Crippen molar-refractivity contribution in [3.63, 3.8) is 0 Å². The van der Waals surface area contributed by atoms with Gasteiger partial charge in [-0.05, 0) is 25.2 Å². The number of hydrogen-bond acceptors (Lipinski definition) is 4. The zero-order valence-electron chi connectivity index (χ0n) is 9.52. The minimum absolute atomic E-state index is 0.221. The maximum absolute atomic E-state index is 11.8. The highest BCUT2D eigenvalue weighted by atomic mass is 32.2. The first kappa shape index (κ1) is 13.2. The molecule has 0 bridgehead atoms. The van der Waals surface area contributed by atoms with Crippen molar-refractivity contribution in [3.05, 3.63) is 0 Å². The molecule has 0 saturated heterocycles. The van der Waals surface area contributed by atoms with Gasteiger partial charge in [-0.25, -0.2) is 0 Å². The maximum Gasteiger partial charge on any atom is 0.306 e. The highest BCUT2D eigenvalue weighted by molar-refractivity contribution is 7.86. The van der Waals surface area contributed by atoms with E-state index in [1.54, 1.807) is 6.92 Å². The molecule has 5 nitrogen and oxygen atoms in total. The van der Waals surface area contributed by atoms with Crippen molar-refractivity contribution in [3.8, 4) is 0 Å². The zero-order chi connectivity index (χ0) is 12.3. The molecule has 16 heavy (non-hydrogen) atoms. The molecular weight excluding hydrogens is 230 g/mol. The average molecular weight is 247 g/mol. The van der Waals surface area contributed by atoms with E-state index in [0.717, 1.165) is 12.8 Å². The highest BCUT2D eigenvalue weighted by Crippen LogP contribution is 2.49. The standard InChI is InChI=1S/C10H17NO4S/c1-7(9(11)13)16(14)6-10(3-4-10)5-8(12)15-2/h7H,3-6H2,1-2H3,(H2,11,13). The van der Waals surface area contributed by atoms with Crippen LogP contribution in [0.5, 0.6) is 0 Å². The Bertz CT molecular complexity index is 325. The largest absolute Gasteiger partial charge is 0.469 e. The Morgan fingerprint density at radius 2 is 2.06 bits per heavy atom. The van der Waals surface area contributed by atoms with Gasteiger partial charge in [-0.1, -0.05) is 0 Å². The Kier molecular flexibility index (Phi) is 4.07. The summed E-state index contributed by atoms with van der Waals surface area (Å²) in [6.07, 6.45) is 2.00. The smallest absolute Gasteiger partial charge is 0.306 e. The van der Waals surface area contributed by atoms with Gasteiger partial charge in [0, 0.05) is 16.6 Å². The van der Waals surface area contributed by atoms with Crippen LogP contribution in [0.2, 0.25) is 0 Å². The summed E-state index contributed by atoms with van der Waals surface area (Å²) in [5.74, 6) is -0.500. The number of carbonyl (C=O) groups excluding carboxylic acids is 2. The Labute approximate surface area is 97.2 Å². The van der Waals surface area contributed by atoms with Gasteiger partial charge in [0.2, 0.25) is 5.91 Å². The fraction of sp³-hybridized carbons (Fsp3) is 0.800. The first-order valence-corrected chi connectivity index (χ1v) is 6.52. The summed E-state index contributed by atoms with van der Waals surface area (Å²) < 4.78 is 16.4. The van der Waals surface area contributed by atoms with E-state index in [1.807, 2.05) is 0 Å². The van der Waals surface area contributed by atoms with Gasteiger partial charge in [0.1, 0.15) is 5.25 Å². The van der Waals surface area contributed by atoms with Gasteiger partial charge >= 0.3 is 5.97 Å². The van der Waals surface area contributed by atoms with Crippen LogP contribution < -0.4 is 5.73 Å². The van der Waals surface area contributed by atoms with E-state index in [0.29, 0.717) is 5.75 Å². The number of nitrogens with two attached hydrogens (primary N) is 1. The van der Waals surface area contributed by atoms with Gasteiger partial charge in [-0.2, -0.15) is 0 Å². The Morgan fingerprint density at radius 3 is 2.44 bits per heavy atom. The predicted octanol–water partition coefficient (Wildman–Crippen LogP) is -0.0478. The van der Waals surface area contributed by atoms with Crippen LogP contribution in [0.3, 0.4) is 0 Å². The fourth-order valence-corrected chi connectivity index (χ4v) is 2.99. The van der Waals surface area contributed by atoms with Crippen molar-refractivity contribution in [1.29, 1.82) is 0 Å². The summed E-state index contributed by atoms with van der Waals surface area (Å²) in [7, 11) is 0.0322. The summed E-state index contributed by atoms with van der Waals surface area (Å²) in [5, 5.41) is -0.657. The minimum Gasteiger partial charge on any atom is -0.469 e. The van der Waals surface area contributed by atoms with Gasteiger partial charge in [-0.3, -0.25) is 13.8 Å². The summed E-state index contributed by atoms with van der Waals surface area (Å²) in [4.78, 5) is 22.0. The molecule has 1 saturated carbocycles. The normalized spacial score (nSPS) is 20.9. The second-order valence-corrected chi connectivity index (χ2v) is 6.08. The monoisotopic (exact) mass is 247 g/mol. The number of rotatable bonds is 6. The molecule has 6 heteroatoms. The first-order chi connectivity index (χ1) is 7.40. The van der Waals surface area contributed by atoms with E-state index in [4.69, 9.17) is 5.73 Å². The lowest BCUT2D eigenvalue weighted by Gasteiger charge is -2.15. The lowest BCUT2D eigenvalue weighted by molar-refractivity contribution is -0.141. The molecule has 1 aliphatic carbocycles. The summed E-state index contributed by atoms with van der Waals surface area (Å²) in [6.45, 7) is 1.55. The number of carbonyl (C=O) groups is 2. The van der Waals surface area contributed by atoms with Gasteiger partial charge in [0.05, 0.1) is 13.5 Å². The van der Waals surface area contributed by atoms with E-state index in [1.165, 1.54) is 7.11 Å². The fourth-order valence-electron chi connectivity index (χ4n) is 1.48. The Hall–Kier alpha value is -0.910. The molecule has 0 aliphatic heterocycles. The van der Waals surface area contributed by atoms with Crippen LogP contribution in [-0.2, 0) is 25.1 Å². The summed E-state index contributed by atoms with van der Waals surface area (Å²) in [5.41, 5.74) is 4.86. The van der Waals surface area contributed by atoms with Crippen molar-refractivity contribution in [2.45, 2.75) is 31.4 Å². The number of amides is 1. The number of primary amides is 1. The highest BCUT2D eigenvalue weighted by Gasteiger charge is 2.46. The first-order valence-electron chi connectivity index (χ1n) is 5.13. The van der Waals surface area contributed by atoms with Crippen LogP contribution in [0.4, 0.5) is 0 Å². The lowest BCUT2D eigenvalue weighted by atomic mass is 10.1. The number of hydrogen-bond donors (Lipinski definition) is 1. The lowest BCUT2D eigenvalue weighted by Crippen LogP contribution is -2.33. The van der Waals surface area contributed by atoms with Crippen molar-refractivity contribution < 1.29 is 18.5 Å². The second-order valence-electron chi connectivity index (χ2n) is 4.32. The maximum atomic E-state index is 11.8. The van der Waals surface area contributed by atoms with Crippen molar-refractivity contribution in [1.82, 2.24) is 0 Å². The molecule has 1 rings (SSSR count). The number of ether oxygens (including phenoxy) is 1. The van der Waals surface area contributed by atoms with E-state index < -0.39 is 22.0 Å². The molecule has 2 unspecified atom stereocenters. The van der Waals surface area contributed by atoms with Crippen LogP contribution in [0.15, 0.2) is 0 Å². The van der Waals surface area contributed by atoms with Gasteiger partial charge in [0.15, 0.2) is 0 Å². The van der Waals surface area contributed by atoms with Crippen LogP contribution >= 0.6 is 0 Å². The third-order valence-electron chi connectivity index (χ3n) is 2.95. The molecule has 92 valence electrons. The van der Waals surface area contributed by atoms with Crippen LogP contribution in [0, 0.1) is 5.41 Å². The van der Waals surface area contributed by atoms with Gasteiger partial charge in [0.25, 0.3) is 0 Å². The molecule has 2 N–H and O–H groups in total. The average Bonchev–Trinajstić information content (AvgIpc) is 2.96. The van der Waals surface area contributed by atoms with Crippen molar-refractivity contribution in [2.24, 2.45) is 11.1 Å². The number of esters is 1. The Balaban J connectivity index is 2.51. The van der Waals surface area contributed by atoms with Gasteiger partial charge in [-0.15, -0.1) is 0 Å². The summed E-state index contributed by atoms with van der Waals surface area (Å²) >= 11 is 0. The van der Waals surface area contributed by atoms with Crippen molar-refractivity contribution >= 4 is 22.7 Å². The zero-order valence-corrected chi connectivity index (χ0v) is 10.3. The third kappa shape index (κ3) is 3.30. The molecular formula is C10H17NO4S. The second kappa shape index (κ2) is 4.95. The van der Waals surface area contributed by atoms with Crippen LogP contribution in [-0.4, -0.2) is 34.2 Å². The quantitative estimate of drug-likeness (QED) is 0.667. The molecule has 1 fully saturated rings. The van der Waals surface area contributed by atoms with E-state index in [2.05, 4.69) is 4.74 Å². The Morgan fingerprint density at radius 1 is 1.50 bits per heavy atom. The topological polar surface area (TPSA) is 86.5 Å². The molecule has 0 spiro atoms. The van der Waals surface area contributed by atoms with Gasteiger partial charge < -0.3 is 10.5 Å². The molecule has 0 aromatic carbocycles. The van der Waals surface area contributed by atoms with Crippen LogP contribution in [0.1, 0.15) is 26.2 Å². The van der Waals surface area contributed by atoms with Crippen molar-refractivity contribution in [2.75, 3.05) is 12.9 Å². The SMILES string of the molecule is COC(=O)CC1(CS(=O)C(C)C(N)=O)CC1. The molecule has 1 amide bonds. The van der Waals surface area contributed by atoms with E-state index >= 15 is 0 Å². The molecule has 0 heterocycles. The summed E-state index contributed by atoms with van der Waals surface area (Å²) in [6, 6.07) is 0. The minimum atomic E-state index is -1.30. The molecule has 1 aliphatic rings. The number of methoxy groups -OCH3 is 1.